The maximum absolute atomic E-state index is 11.9. The quantitative estimate of drug-likeness (QED) is 0.921. The fraction of sp³-hybridized carbons (Fsp3) is 0.562. The normalized spacial score (nSPS) is 20.0. The van der Waals surface area contributed by atoms with Gasteiger partial charge in [-0.3, -0.25) is 4.79 Å². The first kappa shape index (κ1) is 13.3. The monoisotopic (exact) mass is 275 g/mol. The van der Waals surface area contributed by atoms with Gasteiger partial charge in [0.15, 0.2) is 0 Å². The number of ether oxygens (including phenoxy) is 1. The molecule has 1 N–H and O–H groups in total. The zero-order chi connectivity index (χ0) is 14.3. The van der Waals surface area contributed by atoms with Crippen LogP contribution in [0.1, 0.15) is 36.8 Å². The predicted molar refractivity (Wildman–Crippen MR) is 77.7 cm³/mol. The van der Waals surface area contributed by atoms with Crippen LogP contribution in [0.25, 0.3) is 0 Å². The van der Waals surface area contributed by atoms with Crippen molar-refractivity contribution in [1.82, 2.24) is 0 Å². The van der Waals surface area contributed by atoms with Crippen molar-refractivity contribution in [3.05, 3.63) is 23.3 Å². The number of anilines is 1. The molecule has 1 aliphatic carbocycles. The standard InChI is InChI=1S/C16H21NO3/c1-17-10-7-11-13(17)6-5-12(14(11)20-2)16(15(18)19)8-3-4-9-16/h5-6H,3-4,7-10H2,1-2H3,(H,18,19). The number of benzene rings is 1. The van der Waals surface area contributed by atoms with Crippen LogP contribution < -0.4 is 9.64 Å². The van der Waals surface area contributed by atoms with Crippen LogP contribution >= 0.6 is 0 Å². The molecule has 0 bridgehead atoms. The largest absolute Gasteiger partial charge is 0.496 e. The van der Waals surface area contributed by atoms with Crippen molar-refractivity contribution in [2.24, 2.45) is 0 Å². The Morgan fingerprint density at radius 2 is 2.05 bits per heavy atom. The number of fused-ring (bicyclic) bond motifs is 1. The summed E-state index contributed by atoms with van der Waals surface area (Å²) in [6.45, 7) is 0.967. The highest BCUT2D eigenvalue weighted by Gasteiger charge is 2.45. The minimum absolute atomic E-state index is 0.709. The van der Waals surface area contributed by atoms with Crippen LogP contribution in [-0.4, -0.2) is 31.8 Å². The van der Waals surface area contributed by atoms with Crippen molar-refractivity contribution in [1.29, 1.82) is 0 Å². The van der Waals surface area contributed by atoms with E-state index in [0.29, 0.717) is 12.8 Å². The lowest BCUT2D eigenvalue weighted by Crippen LogP contribution is -2.33. The van der Waals surface area contributed by atoms with E-state index < -0.39 is 11.4 Å². The number of carbonyl (C=O) groups is 1. The van der Waals surface area contributed by atoms with Crippen LogP contribution in [0.2, 0.25) is 0 Å². The SMILES string of the molecule is COc1c(C2(C(=O)O)CCCC2)ccc2c1CCN2C. The summed E-state index contributed by atoms with van der Waals surface area (Å²) in [5.74, 6) is 0.0933. The number of likely N-dealkylation sites (N-methyl/N-ethyl adjacent to an activating group) is 1. The van der Waals surface area contributed by atoms with Crippen molar-refractivity contribution >= 4 is 11.7 Å². The number of carboxylic acid groups (broad SMARTS) is 1. The second-order valence-corrected chi connectivity index (χ2v) is 5.91. The third-order valence-electron chi connectivity index (χ3n) is 4.93. The van der Waals surface area contributed by atoms with Gasteiger partial charge in [-0.1, -0.05) is 18.9 Å². The molecule has 0 unspecified atom stereocenters. The van der Waals surface area contributed by atoms with E-state index in [4.69, 9.17) is 4.74 Å². The van der Waals surface area contributed by atoms with Gasteiger partial charge in [0, 0.05) is 30.4 Å². The Bertz CT molecular complexity index is 547. The molecule has 0 spiro atoms. The lowest BCUT2D eigenvalue weighted by molar-refractivity contribution is -0.143. The Labute approximate surface area is 119 Å². The number of rotatable bonds is 3. The van der Waals surface area contributed by atoms with Crippen molar-refractivity contribution in [3.63, 3.8) is 0 Å². The number of methoxy groups -OCH3 is 1. The summed E-state index contributed by atoms with van der Waals surface area (Å²) in [6.07, 6.45) is 4.32. The summed E-state index contributed by atoms with van der Waals surface area (Å²) in [6, 6.07) is 4.03. The Kier molecular flexibility index (Phi) is 3.11. The molecule has 0 atom stereocenters. The topological polar surface area (TPSA) is 49.8 Å². The van der Waals surface area contributed by atoms with E-state index in [0.717, 1.165) is 37.1 Å². The summed E-state index contributed by atoms with van der Waals surface area (Å²) in [5.41, 5.74) is 2.46. The van der Waals surface area contributed by atoms with E-state index in [9.17, 15) is 9.90 Å². The van der Waals surface area contributed by atoms with E-state index in [2.05, 4.69) is 18.0 Å². The van der Waals surface area contributed by atoms with Gasteiger partial charge >= 0.3 is 5.97 Å². The van der Waals surface area contributed by atoms with Gasteiger partial charge in [0.25, 0.3) is 0 Å². The first-order chi connectivity index (χ1) is 9.60. The van der Waals surface area contributed by atoms with E-state index in [1.807, 2.05) is 6.07 Å². The van der Waals surface area contributed by atoms with Gasteiger partial charge in [-0.2, -0.15) is 0 Å². The third-order valence-corrected chi connectivity index (χ3v) is 4.93. The van der Waals surface area contributed by atoms with Crippen LogP contribution in [0, 0.1) is 0 Å². The molecule has 20 heavy (non-hydrogen) atoms. The molecule has 0 amide bonds. The average molecular weight is 275 g/mol. The molecule has 108 valence electrons. The highest BCUT2D eigenvalue weighted by molar-refractivity contribution is 5.84. The molecule has 3 rings (SSSR count). The lowest BCUT2D eigenvalue weighted by Gasteiger charge is -2.28. The molecule has 4 heteroatoms. The molecular weight excluding hydrogens is 254 g/mol. The highest BCUT2D eigenvalue weighted by atomic mass is 16.5. The van der Waals surface area contributed by atoms with E-state index in [-0.39, 0.29) is 0 Å². The fourth-order valence-corrected chi connectivity index (χ4v) is 3.80. The fourth-order valence-electron chi connectivity index (χ4n) is 3.80. The van der Waals surface area contributed by atoms with Gasteiger partial charge in [-0.15, -0.1) is 0 Å². The number of carboxylic acids is 1. The summed E-state index contributed by atoms with van der Waals surface area (Å²) >= 11 is 0. The van der Waals surface area contributed by atoms with Gasteiger partial charge in [0.2, 0.25) is 0 Å². The Morgan fingerprint density at radius 3 is 2.65 bits per heavy atom. The number of nitrogens with zero attached hydrogens (tertiary/aromatic N) is 1. The lowest BCUT2D eigenvalue weighted by atomic mass is 9.77. The molecule has 1 saturated carbocycles. The zero-order valence-electron chi connectivity index (χ0n) is 12.1. The molecule has 4 nitrogen and oxygen atoms in total. The molecular formula is C16H21NO3. The number of hydrogen-bond acceptors (Lipinski definition) is 3. The predicted octanol–water partition coefficient (Wildman–Crippen LogP) is 2.58. The van der Waals surface area contributed by atoms with Gasteiger partial charge in [0.1, 0.15) is 5.75 Å². The maximum atomic E-state index is 11.9. The van der Waals surface area contributed by atoms with Gasteiger partial charge in [-0.25, -0.2) is 0 Å². The molecule has 1 aromatic carbocycles. The van der Waals surface area contributed by atoms with Gasteiger partial charge < -0.3 is 14.7 Å². The van der Waals surface area contributed by atoms with Crippen molar-refractivity contribution in [2.75, 3.05) is 25.6 Å². The number of hydrogen-bond donors (Lipinski definition) is 1. The minimum atomic E-state index is -0.748. The maximum Gasteiger partial charge on any atom is 0.314 e. The Balaban J connectivity index is 2.17. The molecule has 1 aromatic rings. The minimum Gasteiger partial charge on any atom is -0.496 e. The Morgan fingerprint density at radius 1 is 1.35 bits per heavy atom. The van der Waals surface area contributed by atoms with E-state index >= 15 is 0 Å². The number of aliphatic carboxylic acids is 1. The average Bonchev–Trinajstić information content (AvgIpc) is 3.06. The second-order valence-electron chi connectivity index (χ2n) is 5.91. The molecule has 0 aromatic heterocycles. The molecule has 0 saturated heterocycles. The van der Waals surface area contributed by atoms with Crippen LogP contribution in [0.3, 0.4) is 0 Å². The first-order valence-corrected chi connectivity index (χ1v) is 7.25. The van der Waals surface area contributed by atoms with E-state index in [1.54, 1.807) is 7.11 Å². The second kappa shape index (κ2) is 4.69. The molecule has 1 aliphatic heterocycles. The summed E-state index contributed by atoms with van der Waals surface area (Å²) in [5, 5.41) is 9.77. The van der Waals surface area contributed by atoms with Crippen molar-refractivity contribution < 1.29 is 14.6 Å². The first-order valence-electron chi connectivity index (χ1n) is 7.25. The summed E-state index contributed by atoms with van der Waals surface area (Å²) in [4.78, 5) is 14.1. The van der Waals surface area contributed by atoms with Crippen LogP contribution in [-0.2, 0) is 16.6 Å². The Hall–Kier alpha value is -1.71. The van der Waals surface area contributed by atoms with Crippen LogP contribution in [0.5, 0.6) is 5.75 Å². The molecule has 0 radical (unpaired) electrons. The van der Waals surface area contributed by atoms with Crippen molar-refractivity contribution in [3.8, 4) is 5.75 Å². The smallest absolute Gasteiger partial charge is 0.314 e. The van der Waals surface area contributed by atoms with Crippen LogP contribution in [0.4, 0.5) is 5.69 Å². The summed E-state index contributed by atoms with van der Waals surface area (Å²) < 4.78 is 5.63. The van der Waals surface area contributed by atoms with Gasteiger partial charge in [0.05, 0.1) is 12.5 Å². The summed E-state index contributed by atoms with van der Waals surface area (Å²) in [7, 11) is 3.72. The molecule has 1 heterocycles. The van der Waals surface area contributed by atoms with E-state index in [1.165, 1.54) is 11.3 Å². The van der Waals surface area contributed by atoms with Gasteiger partial charge in [-0.05, 0) is 25.3 Å². The zero-order valence-corrected chi connectivity index (χ0v) is 12.1. The van der Waals surface area contributed by atoms with Crippen molar-refractivity contribution in [2.45, 2.75) is 37.5 Å². The van der Waals surface area contributed by atoms with Crippen LogP contribution in [0.15, 0.2) is 12.1 Å². The third kappa shape index (κ3) is 1.70. The molecule has 1 fully saturated rings. The highest BCUT2D eigenvalue weighted by Crippen LogP contribution is 2.48. The molecule has 2 aliphatic rings.